The Kier molecular flexibility index (Phi) is 5.65. The van der Waals surface area contributed by atoms with Gasteiger partial charge in [0, 0.05) is 31.1 Å². The molecule has 1 aliphatic rings. The molecule has 0 N–H and O–H groups in total. The van der Waals surface area contributed by atoms with E-state index in [4.69, 9.17) is 8.83 Å². The Morgan fingerprint density at radius 1 is 1.13 bits per heavy atom. The van der Waals surface area contributed by atoms with Crippen molar-refractivity contribution in [2.75, 3.05) is 31.1 Å². The summed E-state index contributed by atoms with van der Waals surface area (Å²) in [4.78, 5) is 20.1. The highest BCUT2D eigenvalue weighted by Crippen LogP contribution is 2.39. The molecule has 31 heavy (non-hydrogen) atoms. The minimum absolute atomic E-state index is 0.00996. The van der Waals surface area contributed by atoms with Crippen molar-refractivity contribution in [1.29, 1.82) is 5.26 Å². The molecule has 2 aromatic heterocycles. The van der Waals surface area contributed by atoms with Crippen LogP contribution < -0.4 is 4.90 Å². The number of aromatic nitrogens is 1. The van der Waals surface area contributed by atoms with Crippen LogP contribution in [0.25, 0.3) is 11.7 Å². The summed E-state index contributed by atoms with van der Waals surface area (Å²) in [7, 11) is 0. The van der Waals surface area contributed by atoms with Crippen molar-refractivity contribution >= 4 is 23.6 Å². The van der Waals surface area contributed by atoms with E-state index in [9.17, 15) is 23.2 Å². The van der Waals surface area contributed by atoms with Gasteiger partial charge in [0.25, 0.3) is 11.8 Å². The lowest BCUT2D eigenvalue weighted by atomic mass is 10.2. The van der Waals surface area contributed by atoms with Gasteiger partial charge in [0.2, 0.25) is 11.6 Å². The third kappa shape index (κ3) is 4.54. The van der Waals surface area contributed by atoms with Gasteiger partial charge < -0.3 is 18.6 Å². The second kappa shape index (κ2) is 8.39. The van der Waals surface area contributed by atoms with E-state index in [-0.39, 0.29) is 52.8 Å². The van der Waals surface area contributed by atoms with E-state index in [2.05, 4.69) is 4.98 Å². The number of rotatable bonds is 4. The molecule has 1 saturated heterocycles. The number of anilines is 1. The van der Waals surface area contributed by atoms with Crippen LogP contribution >= 0.6 is 11.8 Å². The zero-order valence-electron chi connectivity index (χ0n) is 15.9. The first-order valence-electron chi connectivity index (χ1n) is 9.19. The van der Waals surface area contributed by atoms with Crippen LogP contribution in [0.5, 0.6) is 0 Å². The normalized spacial score (nSPS) is 14.5. The minimum Gasteiger partial charge on any atom is -0.459 e. The molecule has 1 fully saturated rings. The second-order valence-corrected chi connectivity index (χ2v) is 7.69. The van der Waals surface area contributed by atoms with Crippen LogP contribution in [-0.4, -0.2) is 47.5 Å². The quantitative estimate of drug-likeness (QED) is 0.548. The molecule has 0 radical (unpaired) electrons. The lowest BCUT2D eigenvalue weighted by Gasteiger charge is -2.34. The number of oxazole rings is 1. The van der Waals surface area contributed by atoms with Crippen molar-refractivity contribution in [3.8, 4) is 17.7 Å². The number of halogens is 3. The van der Waals surface area contributed by atoms with Crippen LogP contribution in [0.2, 0.25) is 0 Å². The van der Waals surface area contributed by atoms with Gasteiger partial charge >= 0.3 is 5.51 Å². The zero-order chi connectivity index (χ0) is 22.0. The lowest BCUT2D eigenvalue weighted by molar-refractivity contribution is -0.0328. The third-order valence-electron chi connectivity index (χ3n) is 4.64. The maximum Gasteiger partial charge on any atom is 0.446 e. The fraction of sp³-hybridized carbons (Fsp3) is 0.250. The summed E-state index contributed by atoms with van der Waals surface area (Å²) < 4.78 is 49.4. The smallest absolute Gasteiger partial charge is 0.446 e. The van der Waals surface area contributed by atoms with Crippen molar-refractivity contribution in [2.45, 2.75) is 10.4 Å². The highest BCUT2D eigenvalue weighted by Gasteiger charge is 2.33. The van der Waals surface area contributed by atoms with Crippen LogP contribution in [0.1, 0.15) is 16.1 Å². The summed E-state index contributed by atoms with van der Waals surface area (Å²) in [5.41, 5.74) is -4.38. The topological polar surface area (TPSA) is 86.5 Å². The van der Waals surface area contributed by atoms with Gasteiger partial charge in [0.05, 0.1) is 11.8 Å². The predicted octanol–water partition coefficient (Wildman–Crippen LogP) is 4.38. The number of carbonyl (C=O) groups excluding carboxylic acids is 1. The number of carbonyl (C=O) groups is 1. The van der Waals surface area contributed by atoms with E-state index in [1.807, 2.05) is 6.07 Å². The summed E-state index contributed by atoms with van der Waals surface area (Å²) >= 11 is -0.303. The van der Waals surface area contributed by atoms with Gasteiger partial charge in [0.1, 0.15) is 6.07 Å². The predicted molar refractivity (Wildman–Crippen MR) is 105 cm³/mol. The number of piperazine rings is 1. The van der Waals surface area contributed by atoms with Gasteiger partial charge in [-0.1, -0.05) is 12.1 Å². The Morgan fingerprint density at radius 3 is 2.52 bits per heavy atom. The van der Waals surface area contributed by atoms with Gasteiger partial charge in [-0.05, 0) is 36.0 Å². The molecule has 0 saturated carbocycles. The van der Waals surface area contributed by atoms with Crippen molar-refractivity contribution in [3.63, 3.8) is 0 Å². The summed E-state index contributed by atoms with van der Waals surface area (Å²) in [5.74, 6) is 0.360. The fourth-order valence-corrected chi connectivity index (χ4v) is 3.91. The number of hydrogen-bond acceptors (Lipinski definition) is 7. The standard InChI is InChI=1S/C20H15F3N4O3S/c21-20(22,23)31-16-6-2-1-4-13(16)18(28)26-7-9-27(10-8-26)19-14(12-24)25-17(30-19)15-5-3-11-29-15/h1-6,11H,7-10H2. The van der Waals surface area contributed by atoms with Crippen molar-refractivity contribution in [1.82, 2.24) is 9.88 Å². The Balaban J connectivity index is 1.48. The monoisotopic (exact) mass is 448 g/mol. The highest BCUT2D eigenvalue weighted by atomic mass is 32.2. The molecule has 3 heterocycles. The average Bonchev–Trinajstić information content (AvgIpc) is 3.42. The molecule has 7 nitrogen and oxygen atoms in total. The van der Waals surface area contributed by atoms with Gasteiger partial charge in [-0.15, -0.1) is 0 Å². The van der Waals surface area contributed by atoms with Crippen LogP contribution in [0.4, 0.5) is 19.1 Å². The minimum atomic E-state index is -4.49. The zero-order valence-corrected chi connectivity index (χ0v) is 16.7. The number of furan rings is 1. The number of alkyl halides is 3. The molecule has 4 rings (SSSR count). The van der Waals surface area contributed by atoms with Crippen LogP contribution in [-0.2, 0) is 0 Å². The Hall–Kier alpha value is -3.39. The first kappa shape index (κ1) is 20.9. The maximum atomic E-state index is 12.9. The molecule has 0 atom stereocenters. The fourth-order valence-electron chi connectivity index (χ4n) is 3.24. The van der Waals surface area contributed by atoms with Gasteiger partial charge in [0.15, 0.2) is 5.76 Å². The number of nitrogens with zero attached hydrogens (tertiary/aromatic N) is 4. The number of amides is 1. The summed E-state index contributed by atoms with van der Waals surface area (Å²) in [5, 5.41) is 9.38. The second-order valence-electron chi connectivity index (χ2n) is 6.59. The lowest BCUT2D eigenvalue weighted by Crippen LogP contribution is -2.49. The third-order valence-corrected chi connectivity index (χ3v) is 5.45. The molecule has 1 aliphatic heterocycles. The number of hydrogen-bond donors (Lipinski definition) is 0. The molecular formula is C20H15F3N4O3S. The van der Waals surface area contributed by atoms with Crippen LogP contribution in [0, 0.1) is 11.3 Å². The molecule has 11 heteroatoms. The van der Waals surface area contributed by atoms with E-state index in [1.54, 1.807) is 17.0 Å². The molecule has 0 unspecified atom stereocenters. The summed E-state index contributed by atoms with van der Waals surface area (Å²) in [6, 6.07) is 11.0. The Labute approximate surface area is 179 Å². The first-order chi connectivity index (χ1) is 14.9. The van der Waals surface area contributed by atoms with E-state index in [0.717, 1.165) is 0 Å². The van der Waals surface area contributed by atoms with Gasteiger partial charge in [-0.2, -0.15) is 23.4 Å². The molecule has 0 spiro atoms. The average molecular weight is 448 g/mol. The Bertz CT molecular complexity index is 1110. The summed E-state index contributed by atoms with van der Waals surface area (Å²) in [6.07, 6.45) is 1.46. The molecule has 0 bridgehead atoms. The van der Waals surface area contributed by atoms with Crippen molar-refractivity contribution in [3.05, 3.63) is 53.9 Å². The molecular weight excluding hydrogens is 433 g/mol. The van der Waals surface area contributed by atoms with E-state index < -0.39 is 11.4 Å². The van der Waals surface area contributed by atoms with Crippen LogP contribution in [0.15, 0.2) is 56.4 Å². The maximum absolute atomic E-state index is 12.9. The number of nitriles is 1. The molecule has 1 aromatic carbocycles. The molecule has 160 valence electrons. The van der Waals surface area contributed by atoms with Gasteiger partial charge in [-0.25, -0.2) is 0 Å². The largest absolute Gasteiger partial charge is 0.459 e. The van der Waals surface area contributed by atoms with Crippen molar-refractivity contribution < 1.29 is 26.8 Å². The highest BCUT2D eigenvalue weighted by molar-refractivity contribution is 8.00. The Morgan fingerprint density at radius 2 is 1.87 bits per heavy atom. The molecule has 1 amide bonds. The van der Waals surface area contributed by atoms with Gasteiger partial charge in [-0.3, -0.25) is 4.79 Å². The van der Waals surface area contributed by atoms with E-state index >= 15 is 0 Å². The van der Waals surface area contributed by atoms with Crippen LogP contribution in [0.3, 0.4) is 0 Å². The van der Waals surface area contributed by atoms with E-state index in [0.29, 0.717) is 18.8 Å². The van der Waals surface area contributed by atoms with Crippen molar-refractivity contribution in [2.24, 2.45) is 0 Å². The number of benzene rings is 1. The molecule has 3 aromatic rings. The molecule has 0 aliphatic carbocycles. The first-order valence-corrected chi connectivity index (χ1v) is 10.0. The number of thioether (sulfide) groups is 1. The summed E-state index contributed by atoms with van der Waals surface area (Å²) in [6.45, 7) is 1.18. The van der Waals surface area contributed by atoms with E-state index in [1.165, 1.54) is 35.4 Å². The SMILES string of the molecule is N#Cc1nc(-c2ccco2)oc1N1CCN(C(=O)c2ccccc2SC(F)(F)F)CC1.